The quantitative estimate of drug-likeness (QED) is 0.604. The summed E-state index contributed by atoms with van der Waals surface area (Å²) in [4.78, 5) is 0. The summed E-state index contributed by atoms with van der Waals surface area (Å²) in [6, 6.07) is 1.64. The lowest BCUT2D eigenvalue weighted by Gasteiger charge is -2.05. The van der Waals surface area contributed by atoms with Crippen LogP contribution in [0.4, 0.5) is 0 Å². The standard InChI is InChI=1S/C7H11N3O/c8-7(5-11)3-6-1-2-9-10-4-6/h1-2,4,7,11H,3,5,8H2. The molecule has 1 aromatic heterocycles. The second kappa shape index (κ2) is 4.00. The van der Waals surface area contributed by atoms with Crippen LogP contribution in [0.1, 0.15) is 5.56 Å². The van der Waals surface area contributed by atoms with Crippen LogP contribution < -0.4 is 5.73 Å². The lowest BCUT2D eigenvalue weighted by Crippen LogP contribution is -2.26. The molecule has 0 bridgehead atoms. The van der Waals surface area contributed by atoms with Crippen molar-refractivity contribution in [1.29, 1.82) is 0 Å². The Morgan fingerprint density at radius 3 is 2.91 bits per heavy atom. The first-order valence-corrected chi connectivity index (χ1v) is 3.45. The topological polar surface area (TPSA) is 72.0 Å². The molecular formula is C7H11N3O. The SMILES string of the molecule is NC(CO)Cc1ccnnc1. The molecule has 0 aliphatic rings. The number of hydrogen-bond acceptors (Lipinski definition) is 4. The number of aliphatic hydroxyl groups is 1. The molecule has 0 aliphatic heterocycles. The van der Waals surface area contributed by atoms with Crippen molar-refractivity contribution in [3.05, 3.63) is 24.0 Å². The van der Waals surface area contributed by atoms with Crippen LogP contribution in [0.3, 0.4) is 0 Å². The summed E-state index contributed by atoms with van der Waals surface area (Å²) >= 11 is 0. The Morgan fingerprint density at radius 1 is 1.55 bits per heavy atom. The molecule has 0 aromatic carbocycles. The molecule has 1 atom stereocenters. The van der Waals surface area contributed by atoms with Crippen LogP contribution in [0.25, 0.3) is 0 Å². The highest BCUT2D eigenvalue weighted by Crippen LogP contribution is 1.97. The average Bonchev–Trinajstić information content (AvgIpc) is 2.06. The zero-order chi connectivity index (χ0) is 8.10. The first kappa shape index (κ1) is 8.10. The first-order chi connectivity index (χ1) is 5.33. The third-order valence-electron chi connectivity index (χ3n) is 1.38. The molecule has 0 saturated heterocycles. The molecule has 60 valence electrons. The summed E-state index contributed by atoms with van der Waals surface area (Å²) in [6.07, 6.45) is 3.90. The molecule has 11 heavy (non-hydrogen) atoms. The van der Waals surface area contributed by atoms with Gasteiger partial charge in [-0.15, -0.1) is 0 Å². The Bertz CT molecular complexity index is 202. The van der Waals surface area contributed by atoms with Crippen LogP contribution in [0.5, 0.6) is 0 Å². The predicted octanol–water partition coefficient (Wildman–Crippen LogP) is -0.661. The van der Waals surface area contributed by atoms with Crippen molar-refractivity contribution in [1.82, 2.24) is 10.2 Å². The summed E-state index contributed by atoms with van der Waals surface area (Å²) in [5, 5.41) is 15.9. The maximum absolute atomic E-state index is 8.64. The second-order valence-electron chi connectivity index (χ2n) is 2.40. The summed E-state index contributed by atoms with van der Waals surface area (Å²) in [7, 11) is 0. The fraction of sp³-hybridized carbons (Fsp3) is 0.429. The van der Waals surface area contributed by atoms with E-state index in [2.05, 4.69) is 10.2 Å². The Labute approximate surface area is 65.1 Å². The number of aromatic nitrogens is 2. The molecule has 0 saturated carbocycles. The monoisotopic (exact) mass is 153 g/mol. The Morgan fingerprint density at radius 2 is 2.36 bits per heavy atom. The van der Waals surface area contributed by atoms with Crippen LogP contribution in [0, 0.1) is 0 Å². The number of aliphatic hydroxyl groups excluding tert-OH is 1. The van der Waals surface area contributed by atoms with E-state index in [1.165, 1.54) is 0 Å². The van der Waals surface area contributed by atoms with Gasteiger partial charge >= 0.3 is 0 Å². The van der Waals surface area contributed by atoms with E-state index >= 15 is 0 Å². The first-order valence-electron chi connectivity index (χ1n) is 3.45. The van der Waals surface area contributed by atoms with Crippen molar-refractivity contribution >= 4 is 0 Å². The molecule has 1 unspecified atom stereocenters. The fourth-order valence-electron chi connectivity index (χ4n) is 0.806. The number of hydrogen-bond donors (Lipinski definition) is 2. The predicted molar refractivity (Wildman–Crippen MR) is 40.8 cm³/mol. The third-order valence-corrected chi connectivity index (χ3v) is 1.38. The van der Waals surface area contributed by atoms with Crippen molar-refractivity contribution < 1.29 is 5.11 Å². The van der Waals surface area contributed by atoms with Gasteiger partial charge in [-0.2, -0.15) is 10.2 Å². The van der Waals surface area contributed by atoms with Gasteiger partial charge in [0.2, 0.25) is 0 Å². The minimum absolute atomic E-state index is 0.00230. The largest absolute Gasteiger partial charge is 0.395 e. The molecule has 1 heterocycles. The third kappa shape index (κ3) is 2.61. The fourth-order valence-corrected chi connectivity index (χ4v) is 0.806. The highest BCUT2D eigenvalue weighted by atomic mass is 16.3. The van der Waals surface area contributed by atoms with E-state index in [0.717, 1.165) is 5.56 Å². The van der Waals surface area contributed by atoms with E-state index < -0.39 is 0 Å². The minimum atomic E-state index is -0.195. The van der Waals surface area contributed by atoms with Gasteiger partial charge in [-0.1, -0.05) is 0 Å². The van der Waals surface area contributed by atoms with Crippen molar-refractivity contribution in [2.24, 2.45) is 5.73 Å². The number of nitrogens with two attached hydrogens (primary N) is 1. The van der Waals surface area contributed by atoms with E-state index in [9.17, 15) is 0 Å². The molecule has 3 N–H and O–H groups in total. The summed E-state index contributed by atoms with van der Waals surface area (Å²) in [5.74, 6) is 0. The van der Waals surface area contributed by atoms with Gasteiger partial charge in [-0.25, -0.2) is 0 Å². The van der Waals surface area contributed by atoms with E-state index in [1.54, 1.807) is 12.4 Å². The zero-order valence-corrected chi connectivity index (χ0v) is 6.14. The van der Waals surface area contributed by atoms with Gasteiger partial charge in [0.15, 0.2) is 0 Å². The summed E-state index contributed by atoms with van der Waals surface area (Å²) in [6.45, 7) is 0.00230. The van der Waals surface area contributed by atoms with Gasteiger partial charge < -0.3 is 10.8 Å². The van der Waals surface area contributed by atoms with Gasteiger partial charge in [0.1, 0.15) is 0 Å². The van der Waals surface area contributed by atoms with E-state index in [-0.39, 0.29) is 12.6 Å². The van der Waals surface area contributed by atoms with Crippen molar-refractivity contribution in [2.45, 2.75) is 12.5 Å². The van der Waals surface area contributed by atoms with E-state index in [4.69, 9.17) is 10.8 Å². The summed E-state index contributed by atoms with van der Waals surface area (Å²) < 4.78 is 0. The molecule has 0 aliphatic carbocycles. The molecule has 1 aromatic rings. The zero-order valence-electron chi connectivity index (χ0n) is 6.14. The van der Waals surface area contributed by atoms with Crippen LogP contribution >= 0.6 is 0 Å². The Kier molecular flexibility index (Phi) is 2.95. The maximum atomic E-state index is 8.64. The normalized spacial score (nSPS) is 12.9. The van der Waals surface area contributed by atoms with E-state index in [1.807, 2.05) is 6.07 Å². The molecule has 4 heteroatoms. The molecular weight excluding hydrogens is 142 g/mol. The van der Waals surface area contributed by atoms with Gasteiger partial charge in [0.25, 0.3) is 0 Å². The number of nitrogens with zero attached hydrogens (tertiary/aromatic N) is 2. The molecule has 0 spiro atoms. The highest BCUT2D eigenvalue weighted by Gasteiger charge is 2.00. The van der Waals surface area contributed by atoms with Crippen LogP contribution in [0.15, 0.2) is 18.5 Å². The lowest BCUT2D eigenvalue weighted by molar-refractivity contribution is 0.265. The van der Waals surface area contributed by atoms with Gasteiger partial charge in [0, 0.05) is 12.2 Å². The molecule has 0 fully saturated rings. The minimum Gasteiger partial charge on any atom is -0.395 e. The molecule has 0 radical (unpaired) electrons. The lowest BCUT2D eigenvalue weighted by atomic mass is 10.1. The van der Waals surface area contributed by atoms with Gasteiger partial charge in [-0.05, 0) is 18.1 Å². The van der Waals surface area contributed by atoms with Crippen LogP contribution in [0.2, 0.25) is 0 Å². The second-order valence-corrected chi connectivity index (χ2v) is 2.40. The number of rotatable bonds is 3. The average molecular weight is 153 g/mol. The maximum Gasteiger partial charge on any atom is 0.0585 e. The Balaban J connectivity index is 2.51. The van der Waals surface area contributed by atoms with Crippen LogP contribution in [-0.4, -0.2) is 28.0 Å². The van der Waals surface area contributed by atoms with Crippen molar-refractivity contribution in [3.63, 3.8) is 0 Å². The smallest absolute Gasteiger partial charge is 0.0585 e. The summed E-state index contributed by atoms with van der Waals surface area (Å²) in [5.41, 5.74) is 6.51. The van der Waals surface area contributed by atoms with Crippen molar-refractivity contribution in [3.8, 4) is 0 Å². The van der Waals surface area contributed by atoms with Crippen LogP contribution in [-0.2, 0) is 6.42 Å². The molecule has 1 rings (SSSR count). The molecule has 4 nitrogen and oxygen atoms in total. The van der Waals surface area contributed by atoms with Gasteiger partial charge in [0.05, 0.1) is 12.8 Å². The molecule has 0 amide bonds. The Hall–Kier alpha value is -1.00. The highest BCUT2D eigenvalue weighted by molar-refractivity contribution is 5.06. The van der Waals surface area contributed by atoms with Crippen molar-refractivity contribution in [2.75, 3.05) is 6.61 Å². The van der Waals surface area contributed by atoms with E-state index in [0.29, 0.717) is 6.42 Å². The van der Waals surface area contributed by atoms with Gasteiger partial charge in [-0.3, -0.25) is 0 Å².